The fraction of sp³-hybridized carbons (Fsp3) is 0.125. The van der Waals surface area contributed by atoms with E-state index >= 15 is 0 Å². The molecular weight excluding hydrogens is 346 g/mol. The van der Waals surface area contributed by atoms with Crippen LogP contribution in [0.4, 0.5) is 11.4 Å². The molecule has 4 rings (SSSR count). The van der Waals surface area contributed by atoms with Crippen molar-refractivity contribution < 1.29 is 22.7 Å². The molecule has 0 bridgehead atoms. The first-order valence-corrected chi connectivity index (χ1v) is 8.89. The minimum absolute atomic E-state index is 0.0332. The third-order valence-electron chi connectivity index (χ3n) is 3.64. The number of nitrogens with zero attached hydrogens (tertiary/aromatic N) is 1. The summed E-state index contributed by atoms with van der Waals surface area (Å²) in [6.45, 7) is 0.893. The number of carbonyl (C=O) groups is 1. The van der Waals surface area contributed by atoms with Crippen LogP contribution in [0.5, 0.6) is 11.5 Å². The van der Waals surface area contributed by atoms with Gasteiger partial charge in [-0.05, 0) is 24.3 Å². The van der Waals surface area contributed by atoms with Crippen molar-refractivity contribution in [3.63, 3.8) is 0 Å². The minimum Gasteiger partial charge on any atom is -0.486 e. The summed E-state index contributed by atoms with van der Waals surface area (Å²) >= 11 is 0. The Bertz CT molecular complexity index is 1000. The van der Waals surface area contributed by atoms with E-state index in [0.29, 0.717) is 36.1 Å². The zero-order valence-electron chi connectivity index (χ0n) is 12.9. The Morgan fingerprint density at radius 2 is 1.84 bits per heavy atom. The molecule has 0 unspecified atom stereocenters. The van der Waals surface area contributed by atoms with Gasteiger partial charge in [-0.25, -0.2) is 0 Å². The van der Waals surface area contributed by atoms with Gasteiger partial charge < -0.3 is 20.1 Å². The smallest absolute Gasteiger partial charge is 0.292 e. The van der Waals surface area contributed by atoms with Crippen LogP contribution in [0.2, 0.25) is 0 Å². The van der Waals surface area contributed by atoms with Crippen molar-refractivity contribution >= 4 is 33.1 Å². The average molecular weight is 359 g/mol. The van der Waals surface area contributed by atoms with Gasteiger partial charge in [-0.1, -0.05) is 12.1 Å². The molecule has 2 N–H and O–H groups in total. The number of hydrogen-bond donors (Lipinski definition) is 2. The number of amides is 1. The van der Waals surface area contributed by atoms with E-state index in [-0.39, 0.29) is 10.7 Å². The average Bonchev–Trinajstić information content (AvgIpc) is 2.61. The molecular formula is C16H13N3O5S. The summed E-state index contributed by atoms with van der Waals surface area (Å²) < 4.78 is 38.8. The first-order valence-electron chi connectivity index (χ1n) is 7.45. The van der Waals surface area contributed by atoms with Crippen molar-refractivity contribution in [1.29, 1.82) is 0 Å². The standard InChI is InChI=1S/C16H13N3O5S/c20-16(17-10-5-6-12-13(9-10)24-8-7-23-12)15-18-11-3-1-2-4-14(11)25(21,22)19-15/h1-6,9H,7-8H2,(H,17,20)(H,18,19). The second-order valence-corrected chi connectivity index (χ2v) is 6.92. The number of nitrogens with one attached hydrogen (secondary N) is 2. The van der Waals surface area contributed by atoms with Crippen LogP contribution in [0.1, 0.15) is 0 Å². The molecule has 0 saturated carbocycles. The normalized spacial score (nSPS) is 16.9. The highest BCUT2D eigenvalue weighted by atomic mass is 32.2. The third kappa shape index (κ3) is 2.89. The first kappa shape index (κ1) is 15.5. The maximum atomic E-state index is 12.4. The van der Waals surface area contributed by atoms with Gasteiger partial charge in [-0.2, -0.15) is 8.42 Å². The first-order chi connectivity index (χ1) is 12.0. The highest BCUT2D eigenvalue weighted by Crippen LogP contribution is 2.33. The summed E-state index contributed by atoms with van der Waals surface area (Å²) in [7, 11) is -3.92. The lowest BCUT2D eigenvalue weighted by Gasteiger charge is -2.20. The lowest BCUT2D eigenvalue weighted by Crippen LogP contribution is -2.33. The molecule has 0 saturated heterocycles. The molecule has 0 spiro atoms. The molecule has 2 aliphatic rings. The predicted octanol–water partition coefficient (Wildman–Crippen LogP) is 1.61. The maximum absolute atomic E-state index is 12.4. The van der Waals surface area contributed by atoms with Gasteiger partial charge in [0.25, 0.3) is 15.9 Å². The molecule has 0 aromatic heterocycles. The van der Waals surface area contributed by atoms with E-state index < -0.39 is 15.9 Å². The molecule has 9 heteroatoms. The number of ether oxygens (including phenoxy) is 2. The fourth-order valence-corrected chi connectivity index (χ4v) is 3.64. The number of sulfonamides is 1. The lowest BCUT2D eigenvalue weighted by atomic mass is 10.2. The Kier molecular flexibility index (Phi) is 3.57. The molecule has 2 aliphatic heterocycles. The van der Waals surface area contributed by atoms with Crippen molar-refractivity contribution in [2.24, 2.45) is 4.40 Å². The second-order valence-electron chi connectivity index (χ2n) is 5.35. The van der Waals surface area contributed by atoms with Crippen LogP contribution in [-0.4, -0.2) is 33.4 Å². The quantitative estimate of drug-likeness (QED) is 0.844. The highest BCUT2D eigenvalue weighted by Gasteiger charge is 2.28. The highest BCUT2D eigenvalue weighted by molar-refractivity contribution is 7.90. The Hall–Kier alpha value is -3.07. The van der Waals surface area contributed by atoms with E-state index in [1.54, 1.807) is 36.4 Å². The number of anilines is 2. The number of fused-ring (bicyclic) bond motifs is 2. The molecule has 1 amide bonds. The van der Waals surface area contributed by atoms with Crippen LogP contribution >= 0.6 is 0 Å². The van der Waals surface area contributed by atoms with Gasteiger partial charge in [-0.3, -0.25) is 4.79 Å². The number of rotatable bonds is 2. The molecule has 128 valence electrons. The third-order valence-corrected chi connectivity index (χ3v) is 4.98. The number of benzene rings is 2. The Labute approximate surface area is 143 Å². The van der Waals surface area contributed by atoms with E-state index in [9.17, 15) is 13.2 Å². The van der Waals surface area contributed by atoms with Gasteiger partial charge in [0.15, 0.2) is 11.5 Å². The molecule has 8 nitrogen and oxygen atoms in total. The Balaban J connectivity index is 1.59. The molecule has 0 aliphatic carbocycles. The van der Waals surface area contributed by atoms with Gasteiger partial charge >= 0.3 is 0 Å². The number of hydrogen-bond acceptors (Lipinski definition) is 6. The van der Waals surface area contributed by atoms with Gasteiger partial charge in [0.1, 0.15) is 18.1 Å². The fourth-order valence-electron chi connectivity index (χ4n) is 2.52. The van der Waals surface area contributed by atoms with E-state index in [4.69, 9.17) is 9.47 Å². The molecule has 2 aromatic carbocycles. The lowest BCUT2D eigenvalue weighted by molar-refractivity contribution is -0.110. The van der Waals surface area contributed by atoms with Crippen LogP contribution in [0.15, 0.2) is 51.8 Å². The molecule has 0 radical (unpaired) electrons. The summed E-state index contributed by atoms with van der Waals surface area (Å²) in [5.41, 5.74) is 0.750. The number of para-hydroxylation sites is 1. The van der Waals surface area contributed by atoms with E-state index in [1.165, 1.54) is 6.07 Å². The molecule has 25 heavy (non-hydrogen) atoms. The number of amidine groups is 1. The molecule has 2 aromatic rings. The number of carbonyl (C=O) groups excluding carboxylic acids is 1. The van der Waals surface area contributed by atoms with E-state index in [0.717, 1.165) is 0 Å². The zero-order valence-corrected chi connectivity index (χ0v) is 13.7. The minimum atomic E-state index is -3.92. The van der Waals surface area contributed by atoms with Crippen LogP contribution in [0.25, 0.3) is 0 Å². The summed E-state index contributed by atoms with van der Waals surface area (Å²) in [5.74, 6) is 0.137. The van der Waals surface area contributed by atoms with Crippen molar-refractivity contribution in [3.05, 3.63) is 42.5 Å². The second kappa shape index (κ2) is 5.78. The zero-order chi connectivity index (χ0) is 17.4. The van der Waals surface area contributed by atoms with Gasteiger partial charge in [0, 0.05) is 11.8 Å². The Morgan fingerprint density at radius 3 is 2.68 bits per heavy atom. The van der Waals surface area contributed by atoms with E-state index in [1.807, 2.05) is 0 Å². The van der Waals surface area contributed by atoms with Gasteiger partial charge in [0.05, 0.1) is 5.69 Å². The van der Waals surface area contributed by atoms with Crippen LogP contribution < -0.4 is 20.1 Å². The van der Waals surface area contributed by atoms with Crippen molar-refractivity contribution in [1.82, 2.24) is 0 Å². The van der Waals surface area contributed by atoms with Crippen molar-refractivity contribution in [2.75, 3.05) is 23.8 Å². The van der Waals surface area contributed by atoms with Crippen LogP contribution in [0.3, 0.4) is 0 Å². The monoisotopic (exact) mass is 359 g/mol. The molecule has 0 atom stereocenters. The molecule has 2 heterocycles. The Morgan fingerprint density at radius 1 is 1.08 bits per heavy atom. The largest absolute Gasteiger partial charge is 0.486 e. The summed E-state index contributed by atoms with van der Waals surface area (Å²) in [6.07, 6.45) is 0. The van der Waals surface area contributed by atoms with Crippen LogP contribution in [-0.2, 0) is 14.8 Å². The van der Waals surface area contributed by atoms with Gasteiger partial charge in [-0.15, -0.1) is 4.40 Å². The van der Waals surface area contributed by atoms with Crippen molar-refractivity contribution in [2.45, 2.75) is 4.90 Å². The maximum Gasteiger partial charge on any atom is 0.292 e. The summed E-state index contributed by atoms with van der Waals surface area (Å²) in [5, 5.41) is 5.34. The van der Waals surface area contributed by atoms with E-state index in [2.05, 4.69) is 15.0 Å². The van der Waals surface area contributed by atoms with Crippen molar-refractivity contribution in [3.8, 4) is 11.5 Å². The summed E-state index contributed by atoms with van der Waals surface area (Å²) in [6, 6.07) is 11.2. The topological polar surface area (TPSA) is 106 Å². The van der Waals surface area contributed by atoms with Crippen LogP contribution in [0, 0.1) is 0 Å². The molecule has 0 fully saturated rings. The summed E-state index contributed by atoms with van der Waals surface area (Å²) in [4.78, 5) is 12.4. The predicted molar refractivity (Wildman–Crippen MR) is 90.7 cm³/mol. The SMILES string of the molecule is O=C(Nc1ccc2c(c1)OCCO2)C1=NS(=O)(=O)c2ccccc2N1. The van der Waals surface area contributed by atoms with Gasteiger partial charge in [0.2, 0.25) is 5.84 Å².